The summed E-state index contributed by atoms with van der Waals surface area (Å²) in [6.45, 7) is 1.60. The molecule has 1 aliphatic rings. The molecule has 0 aromatic rings. The van der Waals surface area contributed by atoms with Crippen LogP contribution in [0.2, 0.25) is 0 Å². The van der Waals surface area contributed by atoms with E-state index in [1.54, 1.807) is 6.92 Å². The molecule has 0 aromatic heterocycles. The van der Waals surface area contributed by atoms with Crippen molar-refractivity contribution in [1.29, 1.82) is 0 Å². The topological polar surface area (TPSA) is 78.5 Å². The second kappa shape index (κ2) is 8.96. The van der Waals surface area contributed by atoms with Crippen LogP contribution in [-0.4, -0.2) is 25.1 Å². The van der Waals surface area contributed by atoms with Crippen molar-refractivity contribution in [1.82, 2.24) is 5.32 Å². The fourth-order valence-electron chi connectivity index (χ4n) is 1.66. The number of hydrogen-bond donors (Lipinski definition) is 1. The molecule has 0 fully saturated rings. The Hall–Kier alpha value is -1.04. The third-order valence-corrected chi connectivity index (χ3v) is 2.55. The molecule has 0 bridgehead atoms. The van der Waals surface area contributed by atoms with Gasteiger partial charge in [0.15, 0.2) is 0 Å². The summed E-state index contributed by atoms with van der Waals surface area (Å²) in [6, 6.07) is -0.921. The zero-order valence-electron chi connectivity index (χ0n) is 11.4. The summed E-state index contributed by atoms with van der Waals surface area (Å²) in [6.07, 6.45) is 8.20. The van der Waals surface area contributed by atoms with Crippen molar-refractivity contribution in [2.75, 3.05) is 7.11 Å². The Morgan fingerprint density at radius 1 is 1.47 bits per heavy atom. The van der Waals surface area contributed by atoms with E-state index in [-0.39, 0.29) is 29.6 Å². The van der Waals surface area contributed by atoms with Gasteiger partial charge < -0.3 is 20.0 Å². The van der Waals surface area contributed by atoms with E-state index in [2.05, 4.69) is 10.1 Å². The second-order valence-corrected chi connectivity index (χ2v) is 3.94. The van der Waals surface area contributed by atoms with Gasteiger partial charge >= 0.3 is 35.5 Å². The first-order valence-corrected chi connectivity index (χ1v) is 5.62. The molecule has 1 rings (SSSR count). The number of allylic oxidation sites excluding steroid dienone is 4. The molecule has 98 valence electrons. The zero-order valence-corrected chi connectivity index (χ0v) is 13.4. The Morgan fingerprint density at radius 2 is 2.16 bits per heavy atom. The van der Waals surface area contributed by atoms with E-state index in [0.29, 0.717) is 18.5 Å². The maximum Gasteiger partial charge on any atom is 1.00 e. The van der Waals surface area contributed by atoms with Crippen LogP contribution in [-0.2, 0) is 14.3 Å². The summed E-state index contributed by atoms with van der Waals surface area (Å²) in [7, 11) is 1.26. The normalized spacial score (nSPS) is 15.9. The maximum atomic E-state index is 11.1. The van der Waals surface area contributed by atoms with Crippen LogP contribution < -0.4 is 40.0 Å². The summed E-state index contributed by atoms with van der Waals surface area (Å²) in [5.74, 6) is -1.75. The number of carboxylic acids is 1. The van der Waals surface area contributed by atoms with E-state index < -0.39 is 18.0 Å². The molecule has 0 aliphatic heterocycles. The molecule has 1 N–H and O–H groups in total. The smallest absolute Gasteiger partial charge is 0.548 e. The number of nitrogens with one attached hydrogen (secondary N) is 1. The maximum absolute atomic E-state index is 11.1. The first-order chi connectivity index (χ1) is 8.54. The van der Waals surface area contributed by atoms with Gasteiger partial charge in [0.2, 0.25) is 0 Å². The quantitative estimate of drug-likeness (QED) is 0.251. The second-order valence-electron chi connectivity index (χ2n) is 3.94. The first kappa shape index (κ1) is 18.0. The predicted octanol–water partition coefficient (Wildman–Crippen LogP) is -2.95. The van der Waals surface area contributed by atoms with Crippen LogP contribution >= 0.6 is 0 Å². The minimum absolute atomic E-state index is 0. The third-order valence-electron chi connectivity index (χ3n) is 2.55. The number of ether oxygens (including phenoxy) is 1. The van der Waals surface area contributed by atoms with Crippen molar-refractivity contribution >= 4 is 11.9 Å². The number of rotatable bonds is 5. The first-order valence-electron chi connectivity index (χ1n) is 5.62. The standard InChI is InChI=1S/C13H17NO4.Na/c1-9(8-11(15)18-2)14-12(13(16)17)10-6-4-3-5-7-10;/h3-4,7-8,12,14H,5-6H2,1-2H3,(H,16,17);/q;+1/p-1/b9-8+;/t12-;/m1./s1. The van der Waals surface area contributed by atoms with Crippen LogP contribution in [0, 0.1) is 0 Å². The molecule has 1 atom stereocenters. The van der Waals surface area contributed by atoms with Gasteiger partial charge in [-0.25, -0.2) is 4.79 Å². The molecule has 0 saturated heterocycles. The van der Waals surface area contributed by atoms with Crippen molar-refractivity contribution in [3.05, 3.63) is 35.6 Å². The molecule has 5 nitrogen and oxygen atoms in total. The number of hydrogen-bond acceptors (Lipinski definition) is 5. The molecule has 0 aromatic carbocycles. The van der Waals surface area contributed by atoms with Crippen LogP contribution in [0.5, 0.6) is 0 Å². The minimum Gasteiger partial charge on any atom is -0.548 e. The number of carboxylic acid groups (broad SMARTS) is 1. The number of aliphatic carboxylic acids is 1. The molecule has 0 heterocycles. The van der Waals surface area contributed by atoms with E-state index >= 15 is 0 Å². The Balaban J connectivity index is 0.00000324. The van der Waals surface area contributed by atoms with Crippen LogP contribution in [0.3, 0.4) is 0 Å². The SMILES string of the molecule is COC(=O)/C=C(\C)N[C@@H](C(=O)[O-])C1=CCC=CC1.[Na+]. The summed E-state index contributed by atoms with van der Waals surface area (Å²) < 4.78 is 4.46. The molecule has 19 heavy (non-hydrogen) atoms. The van der Waals surface area contributed by atoms with Crippen molar-refractivity contribution in [3.8, 4) is 0 Å². The Kier molecular flexibility index (Phi) is 8.47. The van der Waals surface area contributed by atoms with Gasteiger partial charge in [-0.2, -0.15) is 0 Å². The number of carbonyl (C=O) groups excluding carboxylic acids is 2. The van der Waals surface area contributed by atoms with Crippen LogP contribution in [0.25, 0.3) is 0 Å². The minimum atomic E-state index is -1.21. The van der Waals surface area contributed by atoms with E-state index in [1.807, 2.05) is 18.2 Å². The average Bonchev–Trinajstić information content (AvgIpc) is 2.36. The molecule has 0 radical (unpaired) electrons. The molecule has 0 unspecified atom stereocenters. The van der Waals surface area contributed by atoms with E-state index in [4.69, 9.17) is 0 Å². The predicted molar refractivity (Wildman–Crippen MR) is 64.2 cm³/mol. The van der Waals surface area contributed by atoms with Gasteiger partial charge in [0.05, 0.1) is 19.1 Å². The van der Waals surface area contributed by atoms with Crippen molar-refractivity contribution in [2.24, 2.45) is 0 Å². The van der Waals surface area contributed by atoms with Gasteiger partial charge in [-0.15, -0.1) is 0 Å². The van der Waals surface area contributed by atoms with Crippen LogP contribution in [0.15, 0.2) is 35.6 Å². The van der Waals surface area contributed by atoms with Crippen molar-refractivity contribution in [2.45, 2.75) is 25.8 Å². The van der Waals surface area contributed by atoms with Gasteiger partial charge in [0.25, 0.3) is 0 Å². The fourth-order valence-corrected chi connectivity index (χ4v) is 1.66. The van der Waals surface area contributed by atoms with E-state index in [0.717, 1.165) is 5.57 Å². The summed E-state index contributed by atoms with van der Waals surface area (Å²) >= 11 is 0. The van der Waals surface area contributed by atoms with E-state index in [1.165, 1.54) is 13.2 Å². The van der Waals surface area contributed by atoms with Crippen molar-refractivity contribution < 1.29 is 49.0 Å². The van der Waals surface area contributed by atoms with Crippen molar-refractivity contribution in [3.63, 3.8) is 0 Å². The molecule has 0 spiro atoms. The van der Waals surface area contributed by atoms with E-state index in [9.17, 15) is 14.7 Å². The molecular formula is C13H16NNaO4. The van der Waals surface area contributed by atoms with Crippen LogP contribution in [0.4, 0.5) is 0 Å². The van der Waals surface area contributed by atoms with Gasteiger partial charge in [-0.3, -0.25) is 0 Å². The molecule has 1 aliphatic carbocycles. The monoisotopic (exact) mass is 273 g/mol. The summed E-state index contributed by atoms with van der Waals surface area (Å²) in [4.78, 5) is 22.1. The van der Waals surface area contributed by atoms with Gasteiger partial charge in [-0.05, 0) is 25.3 Å². The van der Waals surface area contributed by atoms with Gasteiger partial charge in [-0.1, -0.05) is 18.2 Å². The summed E-state index contributed by atoms with van der Waals surface area (Å²) in [5, 5.41) is 13.9. The van der Waals surface area contributed by atoms with Gasteiger partial charge in [0.1, 0.15) is 0 Å². The third kappa shape index (κ3) is 6.09. The van der Waals surface area contributed by atoms with Crippen LogP contribution in [0.1, 0.15) is 19.8 Å². The zero-order chi connectivity index (χ0) is 13.5. The molecule has 6 heteroatoms. The Morgan fingerprint density at radius 3 is 2.63 bits per heavy atom. The number of esters is 1. The number of methoxy groups -OCH3 is 1. The molecular weight excluding hydrogens is 257 g/mol. The summed E-state index contributed by atoms with van der Waals surface area (Å²) in [5.41, 5.74) is 1.15. The largest absolute Gasteiger partial charge is 1.00 e. The number of carbonyl (C=O) groups is 2. The Bertz CT molecular complexity index is 426. The van der Waals surface area contributed by atoms with Gasteiger partial charge in [0, 0.05) is 11.8 Å². The molecule has 0 saturated carbocycles. The molecule has 0 amide bonds. The Labute approximate surface area is 134 Å². The average molecular weight is 273 g/mol. The fraction of sp³-hybridized carbons (Fsp3) is 0.385.